The zero-order chi connectivity index (χ0) is 14.8. The summed E-state index contributed by atoms with van der Waals surface area (Å²) in [6, 6.07) is 0. The molecule has 7 nitrogen and oxygen atoms in total. The summed E-state index contributed by atoms with van der Waals surface area (Å²) < 4.78 is 6.38. The molecule has 1 amide bonds. The summed E-state index contributed by atoms with van der Waals surface area (Å²) in [5.74, 6) is -0.626. The van der Waals surface area contributed by atoms with E-state index in [1.807, 2.05) is 0 Å². The van der Waals surface area contributed by atoms with Gasteiger partial charge in [-0.15, -0.1) is 0 Å². The van der Waals surface area contributed by atoms with Crippen molar-refractivity contribution in [3.63, 3.8) is 0 Å². The van der Waals surface area contributed by atoms with E-state index in [1.54, 1.807) is 34.7 Å². The topological polar surface area (TPSA) is 99.2 Å². The zero-order valence-corrected chi connectivity index (χ0v) is 11.9. The largest absolute Gasteiger partial charge is 0.462 e. The maximum absolute atomic E-state index is 11.9. The zero-order valence-electron chi connectivity index (χ0n) is 11.9. The molecule has 19 heavy (non-hydrogen) atoms. The van der Waals surface area contributed by atoms with Gasteiger partial charge in [0.25, 0.3) is 0 Å². The predicted octanol–water partition coefficient (Wildman–Crippen LogP) is 0.581. The van der Waals surface area contributed by atoms with Crippen LogP contribution in [0.3, 0.4) is 0 Å². The van der Waals surface area contributed by atoms with Crippen molar-refractivity contribution in [1.82, 2.24) is 9.78 Å². The second-order valence-electron chi connectivity index (χ2n) is 4.83. The molecule has 1 aromatic heterocycles. The first kappa shape index (κ1) is 15.2. The number of anilines is 1. The maximum Gasteiger partial charge on any atom is 0.343 e. The molecule has 0 spiro atoms. The van der Waals surface area contributed by atoms with Gasteiger partial charge in [-0.1, -0.05) is 0 Å². The first-order chi connectivity index (χ1) is 8.68. The third-order valence-corrected chi connectivity index (χ3v) is 2.52. The Hall–Kier alpha value is -1.89. The number of hydrogen-bond donors (Lipinski definition) is 2. The number of carbonyl (C=O) groups is 2. The highest BCUT2D eigenvalue weighted by Crippen LogP contribution is 2.20. The first-order valence-corrected chi connectivity index (χ1v) is 5.99. The molecule has 1 aromatic rings. The van der Waals surface area contributed by atoms with Gasteiger partial charge in [0, 0.05) is 7.05 Å². The van der Waals surface area contributed by atoms with Crippen LogP contribution in [0.25, 0.3) is 0 Å². The number of aryl methyl sites for hydroxylation is 2. The number of aromatic nitrogens is 2. The lowest BCUT2D eigenvalue weighted by Gasteiger charge is -2.18. The van der Waals surface area contributed by atoms with E-state index >= 15 is 0 Å². The van der Waals surface area contributed by atoms with Gasteiger partial charge in [-0.25, -0.2) is 4.79 Å². The van der Waals surface area contributed by atoms with Crippen LogP contribution in [0.5, 0.6) is 0 Å². The number of carbonyl (C=O) groups excluding carboxylic acids is 2. The van der Waals surface area contributed by atoms with Gasteiger partial charge in [-0.3, -0.25) is 9.48 Å². The molecule has 0 atom stereocenters. The molecule has 3 N–H and O–H groups in total. The molecule has 0 aliphatic rings. The highest BCUT2D eigenvalue weighted by molar-refractivity contribution is 6.03. The molecule has 0 radical (unpaired) electrons. The number of nitrogens with zero attached hydrogens (tertiary/aromatic N) is 2. The molecule has 0 aromatic carbocycles. The number of nitrogens with two attached hydrogens (primary N) is 1. The van der Waals surface area contributed by atoms with E-state index in [-0.39, 0.29) is 12.2 Å². The molecular weight excluding hydrogens is 248 g/mol. The normalized spacial score (nSPS) is 11.3. The smallest absolute Gasteiger partial charge is 0.343 e. The summed E-state index contributed by atoms with van der Waals surface area (Å²) in [5, 5.41) is 6.72. The van der Waals surface area contributed by atoms with E-state index in [9.17, 15) is 9.59 Å². The minimum atomic E-state index is -1.05. The van der Waals surface area contributed by atoms with E-state index < -0.39 is 17.4 Å². The average Bonchev–Trinajstić information content (AvgIpc) is 2.52. The van der Waals surface area contributed by atoms with Gasteiger partial charge < -0.3 is 15.8 Å². The SMILES string of the molecule is CCOC(=O)c1c(C)nn(C)c1NC(=O)C(C)(C)N. The molecule has 0 saturated carbocycles. The van der Waals surface area contributed by atoms with Crippen LogP contribution in [0.2, 0.25) is 0 Å². The summed E-state index contributed by atoms with van der Waals surface area (Å²) in [5.41, 5.74) is 5.40. The summed E-state index contributed by atoms with van der Waals surface area (Å²) in [7, 11) is 1.63. The molecule has 0 fully saturated rings. The third kappa shape index (κ3) is 3.31. The first-order valence-electron chi connectivity index (χ1n) is 5.99. The number of nitrogens with one attached hydrogen (secondary N) is 1. The number of amides is 1. The lowest BCUT2D eigenvalue weighted by atomic mass is 10.1. The van der Waals surface area contributed by atoms with Crippen molar-refractivity contribution < 1.29 is 14.3 Å². The monoisotopic (exact) mass is 268 g/mol. The fraction of sp³-hybridized carbons (Fsp3) is 0.583. The van der Waals surface area contributed by atoms with Gasteiger partial charge >= 0.3 is 5.97 Å². The molecule has 0 aliphatic carbocycles. The van der Waals surface area contributed by atoms with Crippen LogP contribution in [-0.4, -0.2) is 33.8 Å². The number of rotatable bonds is 4. The third-order valence-electron chi connectivity index (χ3n) is 2.52. The van der Waals surface area contributed by atoms with Gasteiger partial charge in [0.15, 0.2) is 0 Å². The van der Waals surface area contributed by atoms with E-state index in [4.69, 9.17) is 10.5 Å². The van der Waals surface area contributed by atoms with E-state index in [1.165, 1.54) is 4.68 Å². The Kier molecular flexibility index (Phi) is 4.31. The molecular formula is C12H20N4O3. The van der Waals surface area contributed by atoms with Crippen molar-refractivity contribution >= 4 is 17.7 Å². The predicted molar refractivity (Wildman–Crippen MR) is 70.8 cm³/mol. The second kappa shape index (κ2) is 5.40. The number of hydrogen-bond acceptors (Lipinski definition) is 5. The number of esters is 1. The lowest BCUT2D eigenvalue weighted by molar-refractivity contribution is -0.120. The molecule has 0 saturated heterocycles. The van der Waals surface area contributed by atoms with Crippen LogP contribution in [0.1, 0.15) is 36.8 Å². The van der Waals surface area contributed by atoms with Crippen molar-refractivity contribution in [2.45, 2.75) is 33.2 Å². The van der Waals surface area contributed by atoms with Crippen LogP contribution >= 0.6 is 0 Å². The molecule has 1 rings (SSSR count). The van der Waals surface area contributed by atoms with Gasteiger partial charge in [0.1, 0.15) is 11.4 Å². The Labute approximate surface area is 112 Å². The van der Waals surface area contributed by atoms with Crippen LogP contribution in [0.15, 0.2) is 0 Å². The Morgan fingerprint density at radius 1 is 1.47 bits per heavy atom. The molecule has 0 bridgehead atoms. The fourth-order valence-corrected chi connectivity index (χ4v) is 1.52. The van der Waals surface area contributed by atoms with Crippen LogP contribution < -0.4 is 11.1 Å². The van der Waals surface area contributed by atoms with Crippen molar-refractivity contribution in [3.8, 4) is 0 Å². The quantitative estimate of drug-likeness (QED) is 0.778. The fourth-order valence-electron chi connectivity index (χ4n) is 1.52. The maximum atomic E-state index is 11.9. The van der Waals surface area contributed by atoms with Crippen LogP contribution in [0.4, 0.5) is 5.82 Å². The minimum Gasteiger partial charge on any atom is -0.462 e. The minimum absolute atomic E-state index is 0.252. The molecule has 0 unspecified atom stereocenters. The van der Waals surface area contributed by atoms with E-state index in [2.05, 4.69) is 10.4 Å². The summed E-state index contributed by atoms with van der Waals surface area (Å²) >= 11 is 0. The standard InChI is InChI=1S/C12H20N4O3/c1-6-19-10(17)8-7(2)15-16(5)9(8)14-11(18)12(3,4)13/h6,13H2,1-5H3,(H,14,18). The van der Waals surface area contributed by atoms with Crippen molar-refractivity contribution in [2.75, 3.05) is 11.9 Å². The lowest BCUT2D eigenvalue weighted by Crippen LogP contribution is -2.45. The molecule has 0 aliphatic heterocycles. The Bertz CT molecular complexity index is 500. The van der Waals surface area contributed by atoms with Crippen molar-refractivity contribution in [3.05, 3.63) is 11.3 Å². The van der Waals surface area contributed by atoms with Crippen LogP contribution in [-0.2, 0) is 16.6 Å². The highest BCUT2D eigenvalue weighted by atomic mass is 16.5. The Morgan fingerprint density at radius 3 is 2.53 bits per heavy atom. The van der Waals surface area contributed by atoms with Gasteiger partial charge in [-0.05, 0) is 27.7 Å². The van der Waals surface area contributed by atoms with Crippen LogP contribution in [0, 0.1) is 6.92 Å². The van der Waals surface area contributed by atoms with Crippen molar-refractivity contribution in [2.24, 2.45) is 12.8 Å². The number of ether oxygens (including phenoxy) is 1. The van der Waals surface area contributed by atoms with E-state index in [0.717, 1.165) is 0 Å². The average molecular weight is 268 g/mol. The van der Waals surface area contributed by atoms with Crippen molar-refractivity contribution in [1.29, 1.82) is 0 Å². The van der Waals surface area contributed by atoms with E-state index in [0.29, 0.717) is 11.5 Å². The van der Waals surface area contributed by atoms with Gasteiger partial charge in [0.2, 0.25) is 5.91 Å². The van der Waals surface area contributed by atoms with Gasteiger partial charge in [0.05, 0.1) is 17.8 Å². The Balaban J connectivity index is 3.14. The molecule has 106 valence electrons. The Morgan fingerprint density at radius 2 is 2.05 bits per heavy atom. The summed E-state index contributed by atoms with van der Waals surface area (Å²) in [4.78, 5) is 23.8. The summed E-state index contributed by atoms with van der Waals surface area (Å²) in [6.45, 7) is 6.80. The molecule has 7 heteroatoms. The second-order valence-corrected chi connectivity index (χ2v) is 4.83. The highest BCUT2D eigenvalue weighted by Gasteiger charge is 2.27. The molecule has 1 heterocycles. The summed E-state index contributed by atoms with van der Waals surface area (Å²) in [6.07, 6.45) is 0. The van der Waals surface area contributed by atoms with Gasteiger partial charge in [-0.2, -0.15) is 5.10 Å².